The number of amides is 2. The second-order valence-electron chi connectivity index (χ2n) is 7.57. The highest BCUT2D eigenvalue weighted by atomic mass is 35.5. The molecular weight excluding hydrogens is 445 g/mol. The highest BCUT2D eigenvalue weighted by Crippen LogP contribution is 2.29. The second-order valence-corrected chi connectivity index (χ2v) is 8.38. The average Bonchev–Trinajstić information content (AvgIpc) is 2.81. The van der Waals surface area contributed by atoms with E-state index in [1.54, 1.807) is 29.3 Å². The topological polar surface area (TPSA) is 70.2 Å². The summed E-state index contributed by atoms with van der Waals surface area (Å²) in [5.74, 6) is 0.795. The molecule has 3 heterocycles. The van der Waals surface area contributed by atoms with Crippen LogP contribution in [0.25, 0.3) is 10.9 Å². The first-order valence-electron chi connectivity index (χ1n) is 10.2. The molecule has 1 aliphatic rings. The molecule has 2 aromatic carbocycles. The summed E-state index contributed by atoms with van der Waals surface area (Å²) in [7, 11) is 0. The molecule has 0 spiro atoms. The number of hydrogen-bond donors (Lipinski definition) is 2. The van der Waals surface area contributed by atoms with Crippen LogP contribution in [0.2, 0.25) is 10.0 Å². The Hall–Kier alpha value is -3.35. The number of aromatic nitrogens is 2. The molecule has 160 valence electrons. The number of carbonyl (C=O) groups excluding carboxylic acids is 1. The lowest BCUT2D eigenvalue weighted by molar-refractivity contribution is 0.206. The number of rotatable bonds is 3. The molecule has 0 saturated carbocycles. The van der Waals surface area contributed by atoms with Crippen LogP contribution in [0.4, 0.5) is 22.0 Å². The third kappa shape index (κ3) is 4.20. The van der Waals surface area contributed by atoms with Gasteiger partial charge in [-0.2, -0.15) is 0 Å². The Bertz CT molecular complexity index is 1330. The molecule has 0 aliphatic carbocycles. The fourth-order valence-corrected chi connectivity index (χ4v) is 4.12. The van der Waals surface area contributed by atoms with Gasteiger partial charge >= 0.3 is 6.03 Å². The minimum absolute atomic E-state index is 0.181. The molecule has 2 amide bonds. The number of hydrogen-bond acceptors (Lipinski definition) is 4. The number of nitrogens with zero attached hydrogens (tertiary/aromatic N) is 3. The summed E-state index contributed by atoms with van der Waals surface area (Å²) < 4.78 is 0. The van der Waals surface area contributed by atoms with Gasteiger partial charge in [-0.25, -0.2) is 9.78 Å². The lowest BCUT2D eigenvalue weighted by atomic mass is 10.0. The molecule has 0 radical (unpaired) electrons. The zero-order chi connectivity index (χ0) is 22.1. The molecule has 8 heteroatoms. The van der Waals surface area contributed by atoms with Gasteiger partial charge in [-0.05, 0) is 48.4 Å². The van der Waals surface area contributed by atoms with Crippen LogP contribution in [-0.4, -0.2) is 27.4 Å². The zero-order valence-electron chi connectivity index (χ0n) is 17.0. The van der Waals surface area contributed by atoms with Crippen molar-refractivity contribution in [1.82, 2.24) is 14.9 Å². The highest BCUT2D eigenvalue weighted by Gasteiger charge is 2.23. The van der Waals surface area contributed by atoms with Crippen molar-refractivity contribution in [1.29, 1.82) is 0 Å². The molecule has 2 aromatic heterocycles. The maximum atomic E-state index is 12.8. The first-order valence-corrected chi connectivity index (χ1v) is 10.9. The normalized spacial score (nSPS) is 13.0. The molecule has 2 N–H and O–H groups in total. The number of fused-ring (bicyclic) bond motifs is 2. The molecular formula is C24H19Cl2N5O. The first kappa shape index (κ1) is 20.5. The van der Waals surface area contributed by atoms with Gasteiger partial charge in [0, 0.05) is 35.9 Å². The van der Waals surface area contributed by atoms with E-state index in [9.17, 15) is 4.79 Å². The summed E-state index contributed by atoms with van der Waals surface area (Å²) in [6.07, 6.45) is 4.26. The van der Waals surface area contributed by atoms with E-state index in [0.29, 0.717) is 35.2 Å². The van der Waals surface area contributed by atoms with Crippen LogP contribution in [0.1, 0.15) is 11.1 Å². The van der Waals surface area contributed by atoms with E-state index in [1.807, 2.05) is 36.5 Å². The lowest BCUT2D eigenvalue weighted by Crippen LogP contribution is -2.39. The van der Waals surface area contributed by atoms with Crippen molar-refractivity contribution in [3.8, 4) is 0 Å². The molecule has 0 saturated heterocycles. The van der Waals surface area contributed by atoms with Gasteiger partial charge in [0.25, 0.3) is 0 Å². The summed E-state index contributed by atoms with van der Waals surface area (Å²) in [5, 5.41) is 8.20. The Morgan fingerprint density at radius 3 is 2.72 bits per heavy atom. The van der Waals surface area contributed by atoms with Crippen LogP contribution >= 0.6 is 23.2 Å². The molecule has 1 aliphatic heterocycles. The number of halogens is 2. The Balaban J connectivity index is 1.32. The van der Waals surface area contributed by atoms with Crippen molar-refractivity contribution >= 4 is 57.3 Å². The van der Waals surface area contributed by atoms with Gasteiger partial charge in [0.05, 0.1) is 27.4 Å². The van der Waals surface area contributed by atoms with Crippen molar-refractivity contribution in [3.05, 3.63) is 88.2 Å². The van der Waals surface area contributed by atoms with E-state index < -0.39 is 0 Å². The number of para-hydroxylation sites is 1. The summed E-state index contributed by atoms with van der Waals surface area (Å²) in [6.45, 7) is 1.08. The fraction of sp³-hybridized carbons (Fsp3) is 0.125. The first-order chi connectivity index (χ1) is 15.6. The van der Waals surface area contributed by atoms with Crippen molar-refractivity contribution < 1.29 is 4.79 Å². The predicted octanol–water partition coefficient (Wildman–Crippen LogP) is 6.27. The summed E-state index contributed by atoms with van der Waals surface area (Å²) in [5.41, 5.74) is 4.61. The fourth-order valence-electron chi connectivity index (χ4n) is 3.82. The molecule has 0 unspecified atom stereocenters. The number of urea groups is 1. The maximum absolute atomic E-state index is 12.8. The van der Waals surface area contributed by atoms with Crippen molar-refractivity contribution in [3.63, 3.8) is 0 Å². The van der Waals surface area contributed by atoms with E-state index in [-0.39, 0.29) is 6.03 Å². The standard InChI is InChI=1S/C24H19Cl2N5O/c25-20-6-5-17(12-21(20)26)30-24(32)31-10-8-19-16(14-31)7-9-27-23(19)29-18-11-15-3-1-2-4-22(15)28-13-18/h1-7,9,11-13H,8,10,14H2,(H,27,29)(H,30,32). The van der Waals surface area contributed by atoms with Crippen molar-refractivity contribution in [2.24, 2.45) is 0 Å². The van der Waals surface area contributed by atoms with Crippen LogP contribution in [0, 0.1) is 0 Å². The van der Waals surface area contributed by atoms with Gasteiger partial charge in [0.15, 0.2) is 0 Å². The largest absolute Gasteiger partial charge is 0.339 e. The van der Waals surface area contributed by atoms with Crippen molar-refractivity contribution in [2.45, 2.75) is 13.0 Å². The third-order valence-electron chi connectivity index (χ3n) is 5.46. The Morgan fingerprint density at radius 2 is 1.84 bits per heavy atom. The van der Waals surface area contributed by atoms with E-state index in [4.69, 9.17) is 23.2 Å². The zero-order valence-corrected chi connectivity index (χ0v) is 18.5. The minimum Gasteiger partial charge on any atom is -0.339 e. The lowest BCUT2D eigenvalue weighted by Gasteiger charge is -2.30. The molecule has 32 heavy (non-hydrogen) atoms. The van der Waals surface area contributed by atoms with Crippen LogP contribution < -0.4 is 10.6 Å². The van der Waals surface area contributed by atoms with Crippen LogP contribution in [0.15, 0.2) is 67.0 Å². The molecule has 5 rings (SSSR count). The van der Waals surface area contributed by atoms with Gasteiger partial charge in [-0.1, -0.05) is 41.4 Å². The van der Waals surface area contributed by atoms with E-state index >= 15 is 0 Å². The molecule has 0 atom stereocenters. The Morgan fingerprint density at radius 1 is 0.969 bits per heavy atom. The number of benzene rings is 2. The highest BCUT2D eigenvalue weighted by molar-refractivity contribution is 6.42. The van der Waals surface area contributed by atoms with Gasteiger partial charge in [-0.15, -0.1) is 0 Å². The van der Waals surface area contributed by atoms with E-state index in [0.717, 1.165) is 33.5 Å². The van der Waals surface area contributed by atoms with Crippen LogP contribution in [0.3, 0.4) is 0 Å². The van der Waals surface area contributed by atoms with Crippen LogP contribution in [-0.2, 0) is 13.0 Å². The second kappa shape index (κ2) is 8.65. The smallest absolute Gasteiger partial charge is 0.322 e. The third-order valence-corrected chi connectivity index (χ3v) is 6.20. The quantitative estimate of drug-likeness (QED) is 0.375. The molecule has 0 fully saturated rings. The summed E-state index contributed by atoms with van der Waals surface area (Å²) in [4.78, 5) is 23.6. The number of nitrogens with one attached hydrogen (secondary N) is 2. The van der Waals surface area contributed by atoms with Crippen molar-refractivity contribution in [2.75, 3.05) is 17.2 Å². The van der Waals surface area contributed by atoms with Crippen LogP contribution in [0.5, 0.6) is 0 Å². The monoisotopic (exact) mass is 463 g/mol. The molecule has 0 bridgehead atoms. The predicted molar refractivity (Wildman–Crippen MR) is 129 cm³/mol. The van der Waals surface area contributed by atoms with E-state index in [1.165, 1.54) is 0 Å². The van der Waals surface area contributed by atoms with Gasteiger partial charge in [-0.3, -0.25) is 4.98 Å². The summed E-state index contributed by atoms with van der Waals surface area (Å²) in [6, 6.07) is 16.9. The number of anilines is 3. The van der Waals surface area contributed by atoms with Gasteiger partial charge in [0.1, 0.15) is 5.82 Å². The molecule has 6 nitrogen and oxygen atoms in total. The van der Waals surface area contributed by atoms with Gasteiger partial charge < -0.3 is 15.5 Å². The van der Waals surface area contributed by atoms with Gasteiger partial charge in [0.2, 0.25) is 0 Å². The molecule has 4 aromatic rings. The summed E-state index contributed by atoms with van der Waals surface area (Å²) >= 11 is 12.0. The number of pyridine rings is 2. The Kier molecular flexibility index (Phi) is 5.55. The maximum Gasteiger partial charge on any atom is 0.322 e. The number of carbonyl (C=O) groups is 1. The minimum atomic E-state index is -0.181. The Labute approximate surface area is 195 Å². The average molecular weight is 464 g/mol. The van der Waals surface area contributed by atoms with E-state index in [2.05, 4.69) is 26.7 Å². The SMILES string of the molecule is O=C(Nc1ccc(Cl)c(Cl)c1)N1CCc2c(ccnc2Nc2cnc3ccccc3c2)C1.